The molecule has 1 aromatic carbocycles. The predicted molar refractivity (Wildman–Crippen MR) is 49.1 cm³/mol. The molecule has 56 valence electrons. The minimum atomic E-state index is 1.16. The summed E-state index contributed by atoms with van der Waals surface area (Å²) in [6, 6.07) is 4.28. The molecule has 0 bridgehead atoms. The second kappa shape index (κ2) is 2.31. The zero-order valence-corrected chi connectivity index (χ0v) is 7.40. The number of thiazole rings is 1. The van der Waals surface area contributed by atoms with Crippen molar-refractivity contribution in [2.45, 2.75) is 13.8 Å². The normalized spacial score (nSPS) is 10.7. The van der Waals surface area contributed by atoms with Crippen molar-refractivity contribution in [1.29, 1.82) is 0 Å². The van der Waals surface area contributed by atoms with E-state index in [1.54, 1.807) is 11.3 Å². The van der Waals surface area contributed by atoms with Gasteiger partial charge in [-0.05, 0) is 31.0 Å². The Morgan fingerprint density at radius 1 is 1.27 bits per heavy atom. The van der Waals surface area contributed by atoms with Crippen LogP contribution in [0, 0.1) is 13.8 Å². The molecule has 0 atom stereocenters. The SMILES string of the molecule is Cc1ccc2scnc2c1C. The molecule has 2 rings (SSSR count). The molecule has 0 spiro atoms. The Kier molecular flexibility index (Phi) is 1.43. The smallest absolute Gasteiger partial charge is 0.0843 e. The van der Waals surface area contributed by atoms with Crippen LogP contribution in [0.25, 0.3) is 10.2 Å². The summed E-state index contributed by atoms with van der Waals surface area (Å²) < 4.78 is 1.29. The standard InChI is InChI=1S/C9H9NS/c1-6-3-4-8-9(7(6)2)10-5-11-8/h3-5H,1-2H3. The zero-order valence-electron chi connectivity index (χ0n) is 6.59. The van der Waals surface area contributed by atoms with E-state index in [0.29, 0.717) is 0 Å². The van der Waals surface area contributed by atoms with Crippen LogP contribution in [-0.4, -0.2) is 4.98 Å². The Balaban J connectivity index is 2.93. The Bertz CT molecular complexity index is 389. The van der Waals surface area contributed by atoms with E-state index in [1.165, 1.54) is 15.8 Å². The summed E-state index contributed by atoms with van der Waals surface area (Å²) >= 11 is 1.70. The molecule has 2 aromatic rings. The highest BCUT2D eigenvalue weighted by Crippen LogP contribution is 2.22. The molecule has 0 radical (unpaired) electrons. The molecule has 1 heterocycles. The fourth-order valence-electron chi connectivity index (χ4n) is 1.17. The molecule has 0 amide bonds. The third kappa shape index (κ3) is 0.942. The topological polar surface area (TPSA) is 12.9 Å². The average Bonchev–Trinajstić information content (AvgIpc) is 2.45. The summed E-state index contributed by atoms with van der Waals surface area (Å²) in [6.07, 6.45) is 0. The quantitative estimate of drug-likeness (QED) is 0.582. The van der Waals surface area contributed by atoms with E-state index < -0.39 is 0 Å². The average molecular weight is 163 g/mol. The summed E-state index contributed by atoms with van der Waals surface area (Å²) in [5.74, 6) is 0. The first-order chi connectivity index (χ1) is 5.29. The van der Waals surface area contributed by atoms with Gasteiger partial charge in [-0.3, -0.25) is 0 Å². The Morgan fingerprint density at radius 3 is 2.91 bits per heavy atom. The number of hydrogen-bond acceptors (Lipinski definition) is 2. The van der Waals surface area contributed by atoms with Crippen molar-refractivity contribution in [2.75, 3.05) is 0 Å². The van der Waals surface area contributed by atoms with E-state index in [1.807, 2.05) is 5.51 Å². The lowest BCUT2D eigenvalue weighted by Crippen LogP contribution is -1.80. The number of benzene rings is 1. The highest BCUT2D eigenvalue weighted by Gasteiger charge is 2.00. The first-order valence-corrected chi connectivity index (χ1v) is 4.46. The van der Waals surface area contributed by atoms with Crippen LogP contribution in [0.3, 0.4) is 0 Å². The molecule has 1 nitrogen and oxygen atoms in total. The fraction of sp³-hybridized carbons (Fsp3) is 0.222. The van der Waals surface area contributed by atoms with Crippen LogP contribution >= 0.6 is 11.3 Å². The summed E-state index contributed by atoms with van der Waals surface area (Å²) in [5.41, 5.74) is 5.69. The van der Waals surface area contributed by atoms with Crippen LogP contribution in [0.5, 0.6) is 0 Å². The number of aromatic nitrogens is 1. The molecule has 0 aliphatic heterocycles. The second-order valence-electron chi connectivity index (χ2n) is 2.71. The van der Waals surface area contributed by atoms with Crippen LogP contribution in [0.2, 0.25) is 0 Å². The van der Waals surface area contributed by atoms with Gasteiger partial charge in [-0.15, -0.1) is 11.3 Å². The third-order valence-electron chi connectivity index (χ3n) is 2.03. The maximum atomic E-state index is 4.30. The van der Waals surface area contributed by atoms with Gasteiger partial charge in [0, 0.05) is 0 Å². The van der Waals surface area contributed by atoms with Crippen molar-refractivity contribution in [3.05, 3.63) is 28.8 Å². The van der Waals surface area contributed by atoms with Crippen LogP contribution < -0.4 is 0 Å². The first-order valence-electron chi connectivity index (χ1n) is 3.58. The number of hydrogen-bond donors (Lipinski definition) is 0. The van der Waals surface area contributed by atoms with Crippen molar-refractivity contribution in [2.24, 2.45) is 0 Å². The highest BCUT2D eigenvalue weighted by molar-refractivity contribution is 7.16. The van der Waals surface area contributed by atoms with Gasteiger partial charge in [-0.2, -0.15) is 0 Å². The van der Waals surface area contributed by atoms with Crippen LogP contribution in [0.1, 0.15) is 11.1 Å². The van der Waals surface area contributed by atoms with Gasteiger partial charge in [0.1, 0.15) is 0 Å². The van der Waals surface area contributed by atoms with Gasteiger partial charge in [-0.1, -0.05) is 6.07 Å². The summed E-state index contributed by atoms with van der Waals surface area (Å²) in [5, 5.41) is 0. The van der Waals surface area contributed by atoms with Crippen LogP contribution in [0.15, 0.2) is 17.6 Å². The van der Waals surface area contributed by atoms with Gasteiger partial charge < -0.3 is 0 Å². The maximum absolute atomic E-state index is 4.30. The molecule has 1 aromatic heterocycles. The monoisotopic (exact) mass is 163 g/mol. The fourth-order valence-corrected chi connectivity index (χ4v) is 1.90. The zero-order chi connectivity index (χ0) is 7.84. The van der Waals surface area contributed by atoms with E-state index in [9.17, 15) is 0 Å². The molecule has 0 saturated carbocycles. The first kappa shape index (κ1) is 6.80. The van der Waals surface area contributed by atoms with E-state index >= 15 is 0 Å². The van der Waals surface area contributed by atoms with Crippen LogP contribution in [0.4, 0.5) is 0 Å². The Morgan fingerprint density at radius 2 is 2.09 bits per heavy atom. The van der Waals surface area contributed by atoms with Gasteiger partial charge in [0.15, 0.2) is 0 Å². The van der Waals surface area contributed by atoms with Crippen molar-refractivity contribution in [1.82, 2.24) is 4.98 Å². The predicted octanol–water partition coefficient (Wildman–Crippen LogP) is 2.91. The molecule has 0 fully saturated rings. The lowest BCUT2D eigenvalue weighted by atomic mass is 10.1. The van der Waals surface area contributed by atoms with Gasteiger partial charge >= 0.3 is 0 Å². The molecule has 2 heteroatoms. The number of nitrogens with zero attached hydrogens (tertiary/aromatic N) is 1. The molecule has 11 heavy (non-hydrogen) atoms. The number of fused-ring (bicyclic) bond motifs is 1. The van der Waals surface area contributed by atoms with E-state index in [2.05, 4.69) is 31.0 Å². The van der Waals surface area contributed by atoms with Crippen molar-refractivity contribution in [3.8, 4) is 0 Å². The van der Waals surface area contributed by atoms with Crippen molar-refractivity contribution >= 4 is 21.6 Å². The van der Waals surface area contributed by atoms with E-state index in [4.69, 9.17) is 0 Å². The molecule has 0 aliphatic rings. The Hall–Kier alpha value is -0.890. The molecular weight excluding hydrogens is 154 g/mol. The van der Waals surface area contributed by atoms with Gasteiger partial charge in [0.25, 0.3) is 0 Å². The van der Waals surface area contributed by atoms with Gasteiger partial charge in [-0.25, -0.2) is 4.98 Å². The van der Waals surface area contributed by atoms with E-state index in [-0.39, 0.29) is 0 Å². The maximum Gasteiger partial charge on any atom is 0.0843 e. The van der Waals surface area contributed by atoms with E-state index in [0.717, 1.165) is 5.52 Å². The lowest BCUT2D eigenvalue weighted by Gasteiger charge is -1.97. The largest absolute Gasteiger partial charge is 0.244 e. The molecule has 0 N–H and O–H groups in total. The molecular formula is C9H9NS. The third-order valence-corrected chi connectivity index (χ3v) is 2.82. The number of rotatable bonds is 0. The van der Waals surface area contributed by atoms with Gasteiger partial charge in [0.05, 0.1) is 15.7 Å². The molecule has 0 aliphatic carbocycles. The summed E-state index contributed by atoms with van der Waals surface area (Å²) in [7, 11) is 0. The molecule has 0 unspecified atom stereocenters. The molecule has 0 saturated heterocycles. The summed E-state index contributed by atoms with van der Waals surface area (Å²) in [4.78, 5) is 4.30. The van der Waals surface area contributed by atoms with Gasteiger partial charge in [0.2, 0.25) is 0 Å². The minimum absolute atomic E-state index is 1.16. The summed E-state index contributed by atoms with van der Waals surface area (Å²) in [6.45, 7) is 4.24. The van der Waals surface area contributed by atoms with Crippen LogP contribution in [-0.2, 0) is 0 Å². The second-order valence-corrected chi connectivity index (χ2v) is 3.59. The minimum Gasteiger partial charge on any atom is -0.244 e. The van der Waals surface area contributed by atoms with Crippen molar-refractivity contribution in [3.63, 3.8) is 0 Å². The lowest BCUT2D eigenvalue weighted by molar-refractivity contribution is 1.34. The van der Waals surface area contributed by atoms with Crippen molar-refractivity contribution < 1.29 is 0 Å². The Labute approximate surface area is 69.7 Å². The highest BCUT2D eigenvalue weighted by atomic mass is 32.1. The number of aryl methyl sites for hydroxylation is 2.